The highest BCUT2D eigenvalue weighted by molar-refractivity contribution is 7.89. The molecular weight excluding hydrogens is 391 g/mol. The minimum atomic E-state index is -3.65. The second kappa shape index (κ2) is 7.58. The van der Waals surface area contributed by atoms with E-state index in [1.165, 1.54) is 44.4 Å². The van der Waals surface area contributed by atoms with Crippen LogP contribution in [0.4, 0.5) is 4.39 Å². The zero-order chi connectivity index (χ0) is 19.8. The van der Waals surface area contributed by atoms with Gasteiger partial charge in [0.2, 0.25) is 10.0 Å². The van der Waals surface area contributed by atoms with Gasteiger partial charge in [0.1, 0.15) is 5.82 Å². The third-order valence-electron chi connectivity index (χ3n) is 4.50. The van der Waals surface area contributed by atoms with Crippen molar-refractivity contribution >= 4 is 27.5 Å². The third-order valence-corrected chi connectivity index (χ3v) is 6.66. The van der Waals surface area contributed by atoms with Gasteiger partial charge in [-0.05, 0) is 43.2 Å². The Labute approximate surface area is 163 Å². The van der Waals surface area contributed by atoms with Crippen LogP contribution in [0.1, 0.15) is 28.8 Å². The zero-order valence-electron chi connectivity index (χ0n) is 15.0. The molecule has 0 atom stereocenters. The maximum atomic E-state index is 14.2. The Bertz CT molecular complexity index is 954. The fourth-order valence-electron chi connectivity index (χ4n) is 2.77. The summed E-state index contributed by atoms with van der Waals surface area (Å²) >= 11 is 6.11. The van der Waals surface area contributed by atoms with Crippen LogP contribution >= 0.6 is 11.6 Å². The summed E-state index contributed by atoms with van der Waals surface area (Å²) in [6.07, 6.45) is 1.65. The first-order valence-electron chi connectivity index (χ1n) is 8.48. The smallest absolute Gasteiger partial charge is 0.254 e. The molecule has 0 aliphatic heterocycles. The lowest BCUT2D eigenvalue weighted by Gasteiger charge is -2.24. The number of benzene rings is 2. The molecule has 0 N–H and O–H groups in total. The molecule has 1 amide bonds. The van der Waals surface area contributed by atoms with Gasteiger partial charge in [-0.1, -0.05) is 23.7 Å². The molecule has 0 bridgehead atoms. The summed E-state index contributed by atoms with van der Waals surface area (Å²) in [6, 6.07) is 10.3. The van der Waals surface area contributed by atoms with Gasteiger partial charge in [0.15, 0.2) is 0 Å². The molecule has 0 aromatic heterocycles. The molecule has 2 aromatic carbocycles. The lowest BCUT2D eigenvalue weighted by Crippen LogP contribution is -2.33. The minimum Gasteiger partial charge on any atom is -0.331 e. The molecule has 0 unspecified atom stereocenters. The van der Waals surface area contributed by atoms with E-state index in [0.29, 0.717) is 0 Å². The largest absolute Gasteiger partial charge is 0.331 e. The minimum absolute atomic E-state index is 0.00212. The molecule has 0 heterocycles. The van der Waals surface area contributed by atoms with Gasteiger partial charge >= 0.3 is 0 Å². The van der Waals surface area contributed by atoms with Gasteiger partial charge in [-0.15, -0.1) is 0 Å². The van der Waals surface area contributed by atoms with Crippen LogP contribution in [0.2, 0.25) is 5.02 Å². The average Bonchev–Trinajstić information content (AvgIpc) is 3.46. The molecule has 1 aliphatic carbocycles. The molecule has 8 heteroatoms. The maximum absolute atomic E-state index is 14.2. The Hall–Kier alpha value is -1.96. The Morgan fingerprint density at radius 1 is 1.19 bits per heavy atom. The first-order chi connectivity index (χ1) is 12.7. The number of carbonyl (C=O) groups excluding carboxylic acids is 1. The number of halogens is 2. The average molecular weight is 411 g/mol. The van der Waals surface area contributed by atoms with E-state index in [4.69, 9.17) is 11.6 Å². The van der Waals surface area contributed by atoms with Crippen molar-refractivity contribution in [1.82, 2.24) is 9.21 Å². The fraction of sp³-hybridized carbons (Fsp3) is 0.316. The molecule has 1 aliphatic rings. The number of sulfonamides is 1. The highest BCUT2D eigenvalue weighted by Crippen LogP contribution is 2.32. The van der Waals surface area contributed by atoms with Crippen molar-refractivity contribution in [2.24, 2.45) is 0 Å². The predicted octanol–water partition coefficient (Wildman–Crippen LogP) is 3.53. The maximum Gasteiger partial charge on any atom is 0.254 e. The number of hydrogen-bond donors (Lipinski definition) is 0. The van der Waals surface area contributed by atoms with Gasteiger partial charge in [-0.3, -0.25) is 4.79 Å². The van der Waals surface area contributed by atoms with Crippen molar-refractivity contribution in [2.45, 2.75) is 30.3 Å². The molecule has 5 nitrogen and oxygen atoms in total. The van der Waals surface area contributed by atoms with Gasteiger partial charge in [-0.25, -0.2) is 17.1 Å². The monoisotopic (exact) mass is 410 g/mol. The van der Waals surface area contributed by atoms with Crippen LogP contribution < -0.4 is 0 Å². The van der Waals surface area contributed by atoms with Gasteiger partial charge in [0, 0.05) is 36.3 Å². The Morgan fingerprint density at radius 2 is 1.85 bits per heavy atom. The molecule has 27 heavy (non-hydrogen) atoms. The van der Waals surface area contributed by atoms with Crippen molar-refractivity contribution in [2.75, 3.05) is 14.1 Å². The number of rotatable bonds is 6. The molecule has 144 valence electrons. The van der Waals surface area contributed by atoms with Crippen LogP contribution in [0.15, 0.2) is 47.4 Å². The van der Waals surface area contributed by atoms with Crippen molar-refractivity contribution in [3.8, 4) is 0 Å². The second-order valence-electron chi connectivity index (χ2n) is 6.68. The van der Waals surface area contributed by atoms with E-state index in [1.807, 2.05) is 0 Å². The molecular formula is C19H20ClFN2O3S. The van der Waals surface area contributed by atoms with Crippen molar-refractivity contribution in [3.05, 3.63) is 64.4 Å². The van der Waals surface area contributed by atoms with Crippen molar-refractivity contribution in [3.63, 3.8) is 0 Å². The second-order valence-corrected chi connectivity index (χ2v) is 9.24. The van der Waals surface area contributed by atoms with E-state index < -0.39 is 15.8 Å². The molecule has 1 saturated carbocycles. The molecule has 2 aromatic rings. The number of carbonyl (C=O) groups is 1. The van der Waals surface area contributed by atoms with Crippen molar-refractivity contribution in [1.29, 1.82) is 0 Å². The number of hydrogen-bond acceptors (Lipinski definition) is 3. The molecule has 3 rings (SSSR count). The lowest BCUT2D eigenvalue weighted by atomic mass is 10.1. The van der Waals surface area contributed by atoms with Crippen LogP contribution in [0.3, 0.4) is 0 Å². The number of nitrogens with zero attached hydrogens (tertiary/aromatic N) is 2. The summed E-state index contributed by atoms with van der Waals surface area (Å²) in [5, 5.41) is 0.261. The SMILES string of the molecule is CN(C)S(=O)(=O)c1cccc(C(=O)N(Cc2c(F)cccc2Cl)C2CC2)c1. The van der Waals surface area contributed by atoms with Crippen LogP contribution in [-0.4, -0.2) is 43.7 Å². The van der Waals surface area contributed by atoms with Crippen LogP contribution in [0.5, 0.6) is 0 Å². The van der Waals surface area contributed by atoms with Gasteiger partial charge in [-0.2, -0.15) is 0 Å². The summed E-state index contributed by atoms with van der Waals surface area (Å²) in [7, 11) is -0.792. The first-order valence-corrected chi connectivity index (χ1v) is 10.3. The zero-order valence-corrected chi connectivity index (χ0v) is 16.6. The molecule has 1 fully saturated rings. The summed E-state index contributed by atoms with van der Waals surface area (Å²) in [4.78, 5) is 14.7. The van der Waals surface area contributed by atoms with Gasteiger partial charge in [0.05, 0.1) is 11.4 Å². The fourth-order valence-corrected chi connectivity index (χ4v) is 3.94. The topological polar surface area (TPSA) is 57.7 Å². The Morgan fingerprint density at radius 3 is 2.44 bits per heavy atom. The highest BCUT2D eigenvalue weighted by atomic mass is 35.5. The quantitative estimate of drug-likeness (QED) is 0.732. The predicted molar refractivity (Wildman–Crippen MR) is 102 cm³/mol. The summed E-state index contributed by atoms with van der Waals surface area (Å²) in [5.41, 5.74) is 0.508. The molecule has 0 saturated heterocycles. The van der Waals surface area contributed by atoms with E-state index in [2.05, 4.69) is 0 Å². The first kappa shape index (κ1) is 19.8. The van der Waals surface area contributed by atoms with E-state index in [-0.39, 0.29) is 39.5 Å². The Kier molecular flexibility index (Phi) is 5.55. The summed E-state index contributed by atoms with van der Waals surface area (Å²) in [5.74, 6) is -0.808. The summed E-state index contributed by atoms with van der Waals surface area (Å²) < 4.78 is 39.9. The Balaban J connectivity index is 1.93. The normalized spacial score (nSPS) is 14.4. The van der Waals surface area contributed by atoms with Crippen molar-refractivity contribution < 1.29 is 17.6 Å². The standard InChI is InChI=1S/C19H20ClFN2O3S/c1-22(2)27(25,26)15-6-3-5-13(11-15)19(24)23(14-9-10-14)12-16-17(20)7-4-8-18(16)21/h3-8,11,14H,9-10,12H2,1-2H3. The summed E-state index contributed by atoms with van der Waals surface area (Å²) in [6.45, 7) is 0.0413. The molecule has 0 radical (unpaired) electrons. The van der Waals surface area contributed by atoms with Gasteiger partial charge < -0.3 is 4.90 Å². The van der Waals surface area contributed by atoms with E-state index in [1.54, 1.807) is 17.0 Å². The van der Waals surface area contributed by atoms with Crippen LogP contribution in [0.25, 0.3) is 0 Å². The van der Waals surface area contributed by atoms with E-state index >= 15 is 0 Å². The molecule has 0 spiro atoms. The lowest BCUT2D eigenvalue weighted by molar-refractivity contribution is 0.0728. The van der Waals surface area contributed by atoms with Crippen LogP contribution in [-0.2, 0) is 16.6 Å². The number of amides is 1. The highest BCUT2D eigenvalue weighted by Gasteiger charge is 2.34. The third kappa shape index (κ3) is 4.15. The van der Waals surface area contributed by atoms with Gasteiger partial charge in [0.25, 0.3) is 5.91 Å². The van der Waals surface area contributed by atoms with E-state index in [0.717, 1.165) is 17.1 Å². The van der Waals surface area contributed by atoms with E-state index in [9.17, 15) is 17.6 Å². The van der Waals surface area contributed by atoms with Crippen LogP contribution in [0, 0.1) is 5.82 Å².